The summed E-state index contributed by atoms with van der Waals surface area (Å²) in [7, 11) is 2.16. The van der Waals surface area contributed by atoms with Crippen LogP contribution in [0.1, 0.15) is 21.6 Å². The minimum atomic E-state index is -1.000. The van der Waals surface area contributed by atoms with E-state index >= 15 is 0 Å². The van der Waals surface area contributed by atoms with Crippen molar-refractivity contribution in [2.45, 2.75) is 11.5 Å². The molecule has 1 aromatic heterocycles. The van der Waals surface area contributed by atoms with Crippen LogP contribution >= 0.6 is 0 Å². The summed E-state index contributed by atoms with van der Waals surface area (Å²) < 4.78 is 24.1. The molecule has 0 fully saturated rings. The molecule has 7 nitrogen and oxygen atoms in total. The molecule has 0 saturated carbocycles. The zero-order valence-corrected chi connectivity index (χ0v) is 16.3. The second kappa shape index (κ2) is 7.47. The monoisotopic (exact) mass is 397 g/mol. The second-order valence-corrected chi connectivity index (χ2v) is 7.76. The topological polar surface area (TPSA) is 82.4 Å². The summed E-state index contributed by atoms with van der Waals surface area (Å²) in [5.74, 6) is 2.35. The first-order valence-corrected chi connectivity index (χ1v) is 10.1. The van der Waals surface area contributed by atoms with Gasteiger partial charge in [0.1, 0.15) is 17.3 Å². The third-order valence-corrected chi connectivity index (χ3v) is 5.76. The highest BCUT2D eigenvalue weighted by molar-refractivity contribution is 7.83. The van der Waals surface area contributed by atoms with Crippen LogP contribution < -0.4 is 14.8 Å². The predicted molar refractivity (Wildman–Crippen MR) is 107 cm³/mol. The minimum Gasteiger partial charge on any atom is -0.497 e. The third-order valence-electron chi connectivity index (χ3n) is 4.55. The molecule has 28 heavy (non-hydrogen) atoms. The lowest BCUT2D eigenvalue weighted by Crippen LogP contribution is -2.16. The van der Waals surface area contributed by atoms with Gasteiger partial charge in [0.05, 0.1) is 37.1 Å². The molecule has 0 unspecified atom stereocenters. The molecular formula is C20H19N3O4S. The van der Waals surface area contributed by atoms with Gasteiger partial charge in [0.2, 0.25) is 0 Å². The van der Waals surface area contributed by atoms with Crippen molar-refractivity contribution in [3.8, 4) is 17.2 Å². The summed E-state index contributed by atoms with van der Waals surface area (Å²) in [5.41, 5.74) is 2.80. The molecule has 0 radical (unpaired) electrons. The fourth-order valence-corrected chi connectivity index (χ4v) is 4.37. The Hall–Kier alpha value is -3.13. The quantitative estimate of drug-likeness (QED) is 0.716. The van der Waals surface area contributed by atoms with Crippen molar-refractivity contribution in [3.63, 3.8) is 0 Å². The highest BCUT2D eigenvalue weighted by atomic mass is 32.2. The number of anilines is 1. The van der Waals surface area contributed by atoms with E-state index in [2.05, 4.69) is 10.4 Å². The summed E-state index contributed by atoms with van der Waals surface area (Å²) in [6.07, 6.45) is 0. The van der Waals surface area contributed by atoms with Crippen molar-refractivity contribution < 1.29 is 18.5 Å². The van der Waals surface area contributed by atoms with Crippen molar-refractivity contribution in [2.24, 2.45) is 0 Å². The van der Waals surface area contributed by atoms with Crippen LogP contribution in [0.15, 0.2) is 48.5 Å². The molecule has 1 aliphatic rings. The van der Waals surface area contributed by atoms with Crippen LogP contribution in [0.2, 0.25) is 0 Å². The molecule has 144 valence electrons. The number of methoxy groups -OCH3 is 2. The van der Waals surface area contributed by atoms with E-state index in [4.69, 9.17) is 9.47 Å². The van der Waals surface area contributed by atoms with E-state index in [0.29, 0.717) is 28.6 Å². The van der Waals surface area contributed by atoms with Crippen molar-refractivity contribution in [1.29, 1.82) is 0 Å². The van der Waals surface area contributed by atoms with Gasteiger partial charge in [0.25, 0.3) is 5.91 Å². The lowest BCUT2D eigenvalue weighted by Gasteiger charge is -2.12. The highest BCUT2D eigenvalue weighted by Gasteiger charge is 2.28. The SMILES string of the molecule is COc1ccc(-n2nc3c(c2NC(=O)c2cccc(OC)c2)C[S@@](=O)C3)cc1. The average molecular weight is 397 g/mol. The van der Waals surface area contributed by atoms with Gasteiger partial charge in [0.15, 0.2) is 0 Å². The van der Waals surface area contributed by atoms with E-state index in [0.717, 1.165) is 22.7 Å². The summed E-state index contributed by atoms with van der Waals surface area (Å²) in [6, 6.07) is 14.3. The standard InChI is InChI=1S/C20H19N3O4S/c1-26-15-8-6-14(7-9-15)23-19(17-11-28(25)12-18(17)22-23)21-20(24)13-4-3-5-16(10-13)27-2/h3-10H,11-12H2,1-2H3,(H,21,24)/t28-/m1/s1. The molecule has 2 aromatic carbocycles. The fourth-order valence-electron chi connectivity index (χ4n) is 3.11. The summed E-state index contributed by atoms with van der Waals surface area (Å²) in [5, 5.41) is 7.54. The van der Waals surface area contributed by atoms with Crippen LogP contribution in [0, 0.1) is 0 Å². The van der Waals surface area contributed by atoms with Crippen molar-refractivity contribution in [3.05, 3.63) is 65.4 Å². The number of nitrogens with one attached hydrogen (secondary N) is 1. The van der Waals surface area contributed by atoms with E-state index in [-0.39, 0.29) is 5.91 Å². The first kappa shape index (κ1) is 18.2. The number of carbonyl (C=O) groups is 1. The molecule has 0 saturated heterocycles. The first-order valence-electron chi connectivity index (χ1n) is 8.64. The zero-order valence-electron chi connectivity index (χ0n) is 15.5. The maximum absolute atomic E-state index is 12.8. The normalized spacial score (nSPS) is 15.1. The van der Waals surface area contributed by atoms with Gasteiger partial charge in [-0.25, -0.2) is 4.68 Å². The fraction of sp³-hybridized carbons (Fsp3) is 0.200. The van der Waals surface area contributed by atoms with E-state index in [9.17, 15) is 9.00 Å². The van der Waals surface area contributed by atoms with Gasteiger partial charge in [-0.3, -0.25) is 9.00 Å². The number of nitrogens with zero attached hydrogens (tertiary/aromatic N) is 2. The number of carbonyl (C=O) groups excluding carboxylic acids is 1. The average Bonchev–Trinajstić information content (AvgIpc) is 3.25. The molecule has 0 spiro atoms. The van der Waals surface area contributed by atoms with Gasteiger partial charge in [-0.05, 0) is 42.5 Å². The van der Waals surface area contributed by atoms with Gasteiger partial charge in [-0.1, -0.05) is 6.07 Å². The molecular weight excluding hydrogens is 378 g/mol. The largest absolute Gasteiger partial charge is 0.497 e. The van der Waals surface area contributed by atoms with E-state index < -0.39 is 10.8 Å². The molecule has 0 aliphatic carbocycles. The highest BCUT2D eigenvalue weighted by Crippen LogP contribution is 2.32. The number of rotatable bonds is 5. The van der Waals surface area contributed by atoms with Gasteiger partial charge < -0.3 is 14.8 Å². The van der Waals surface area contributed by atoms with Crippen LogP contribution in [-0.2, 0) is 22.3 Å². The Morgan fingerprint density at radius 3 is 2.54 bits per heavy atom. The lowest BCUT2D eigenvalue weighted by molar-refractivity contribution is 0.102. The van der Waals surface area contributed by atoms with Gasteiger partial charge >= 0.3 is 0 Å². The van der Waals surface area contributed by atoms with Crippen LogP contribution in [0.5, 0.6) is 11.5 Å². The van der Waals surface area contributed by atoms with Crippen molar-refractivity contribution in [1.82, 2.24) is 9.78 Å². The zero-order chi connectivity index (χ0) is 19.7. The lowest BCUT2D eigenvalue weighted by atomic mass is 10.2. The molecule has 4 rings (SSSR count). The Morgan fingerprint density at radius 2 is 1.82 bits per heavy atom. The molecule has 0 bridgehead atoms. The number of amides is 1. The number of hydrogen-bond acceptors (Lipinski definition) is 5. The van der Waals surface area contributed by atoms with Crippen molar-refractivity contribution >= 4 is 22.5 Å². The molecule has 1 aliphatic heterocycles. The van der Waals surface area contributed by atoms with Crippen LogP contribution in [0.3, 0.4) is 0 Å². The van der Waals surface area contributed by atoms with Gasteiger partial charge in [-0.2, -0.15) is 5.10 Å². The Kier molecular flexibility index (Phi) is 4.87. The van der Waals surface area contributed by atoms with Crippen LogP contribution in [0.25, 0.3) is 5.69 Å². The number of fused-ring (bicyclic) bond motifs is 1. The Labute approximate surface area is 164 Å². The maximum atomic E-state index is 12.8. The second-order valence-electron chi connectivity index (χ2n) is 6.30. The Morgan fingerprint density at radius 1 is 1.07 bits per heavy atom. The summed E-state index contributed by atoms with van der Waals surface area (Å²) in [4.78, 5) is 12.8. The van der Waals surface area contributed by atoms with Crippen LogP contribution in [-0.4, -0.2) is 34.1 Å². The number of aromatic nitrogens is 2. The molecule has 1 N–H and O–H groups in total. The minimum absolute atomic E-state index is 0.283. The van der Waals surface area contributed by atoms with E-state index in [1.165, 1.54) is 0 Å². The number of hydrogen-bond donors (Lipinski definition) is 1. The predicted octanol–water partition coefficient (Wildman–Crippen LogP) is 2.90. The van der Waals surface area contributed by atoms with E-state index in [1.54, 1.807) is 43.2 Å². The molecule has 1 atom stereocenters. The smallest absolute Gasteiger partial charge is 0.256 e. The van der Waals surface area contributed by atoms with Crippen molar-refractivity contribution in [2.75, 3.05) is 19.5 Å². The molecule has 2 heterocycles. The number of benzene rings is 2. The molecule has 1 amide bonds. The maximum Gasteiger partial charge on any atom is 0.256 e. The third kappa shape index (κ3) is 3.38. The Bertz CT molecular complexity index is 1060. The first-order chi connectivity index (χ1) is 13.6. The number of ether oxygens (including phenoxy) is 2. The Balaban J connectivity index is 1.72. The van der Waals surface area contributed by atoms with Gasteiger partial charge in [-0.15, -0.1) is 0 Å². The van der Waals surface area contributed by atoms with Crippen LogP contribution in [0.4, 0.5) is 5.82 Å². The van der Waals surface area contributed by atoms with E-state index in [1.807, 2.05) is 24.3 Å². The summed E-state index contributed by atoms with van der Waals surface area (Å²) >= 11 is 0. The summed E-state index contributed by atoms with van der Waals surface area (Å²) in [6.45, 7) is 0. The molecule has 3 aromatic rings. The van der Waals surface area contributed by atoms with Gasteiger partial charge in [0, 0.05) is 21.9 Å². The molecule has 8 heteroatoms.